The maximum absolute atomic E-state index is 12.0. The summed E-state index contributed by atoms with van der Waals surface area (Å²) in [5, 5.41) is 4.97. The molecule has 0 aromatic heterocycles. The quantitative estimate of drug-likeness (QED) is 0.823. The molecule has 18 heavy (non-hydrogen) atoms. The first kappa shape index (κ1) is 13.1. The largest absolute Gasteiger partial charge is 0.397 e. The monoisotopic (exact) mass is 269 g/mol. The molecule has 1 aromatic carbocycles. The van der Waals surface area contributed by atoms with Crippen LogP contribution in [-0.4, -0.2) is 30.2 Å². The minimum atomic E-state index is -0.356. The number of hydrogen-bond donors (Lipinski definition) is 2. The molecule has 1 amide bonds. The Morgan fingerprint density at radius 3 is 3.06 bits per heavy atom. The van der Waals surface area contributed by atoms with Gasteiger partial charge in [-0.1, -0.05) is 11.6 Å². The second kappa shape index (κ2) is 5.56. The molecule has 0 radical (unpaired) electrons. The molecule has 5 nitrogen and oxygen atoms in total. The molecule has 3 N–H and O–H groups in total. The van der Waals surface area contributed by atoms with Gasteiger partial charge < -0.3 is 11.1 Å². The van der Waals surface area contributed by atoms with Gasteiger partial charge in [0.1, 0.15) is 6.04 Å². The highest BCUT2D eigenvalue weighted by Gasteiger charge is 2.25. The summed E-state index contributed by atoms with van der Waals surface area (Å²) in [5.74, 6) is -0.161. The van der Waals surface area contributed by atoms with Crippen LogP contribution in [0, 0.1) is 0 Å². The first-order valence-corrected chi connectivity index (χ1v) is 6.21. The van der Waals surface area contributed by atoms with Crippen LogP contribution >= 0.6 is 11.6 Å². The Balaban J connectivity index is 2.03. The smallest absolute Gasteiger partial charge is 0.243 e. The van der Waals surface area contributed by atoms with E-state index in [1.54, 1.807) is 30.2 Å². The molecular weight excluding hydrogens is 254 g/mol. The summed E-state index contributed by atoms with van der Waals surface area (Å²) in [6.07, 6.45) is 0.941. The van der Waals surface area contributed by atoms with E-state index in [9.17, 15) is 4.79 Å². The van der Waals surface area contributed by atoms with Crippen molar-refractivity contribution in [1.82, 2.24) is 5.06 Å². The van der Waals surface area contributed by atoms with Gasteiger partial charge in [-0.2, -0.15) is 5.06 Å². The lowest BCUT2D eigenvalue weighted by molar-refractivity contribution is -0.154. The maximum atomic E-state index is 12.0. The van der Waals surface area contributed by atoms with Gasteiger partial charge in [0.15, 0.2) is 0 Å². The van der Waals surface area contributed by atoms with Gasteiger partial charge >= 0.3 is 0 Å². The van der Waals surface area contributed by atoms with E-state index in [4.69, 9.17) is 22.2 Å². The highest BCUT2D eigenvalue weighted by atomic mass is 35.5. The Morgan fingerprint density at radius 2 is 2.39 bits per heavy atom. The fraction of sp³-hybridized carbons (Fsp3) is 0.417. The third-order valence-electron chi connectivity index (χ3n) is 2.86. The molecule has 1 aliphatic rings. The number of rotatable bonds is 3. The minimum absolute atomic E-state index is 0.161. The zero-order valence-corrected chi connectivity index (χ0v) is 10.9. The van der Waals surface area contributed by atoms with Crippen molar-refractivity contribution >= 4 is 28.9 Å². The Hall–Kier alpha value is -1.30. The number of nitrogens with two attached hydrogens (primary N) is 1. The number of benzene rings is 1. The second-order valence-electron chi connectivity index (χ2n) is 4.22. The SMILES string of the molecule is CC(C(=O)Nc1cc(Cl)ccc1N)N1CCCO1. The van der Waals surface area contributed by atoms with Crippen molar-refractivity contribution in [3.8, 4) is 0 Å². The number of carbonyl (C=O) groups excluding carboxylic acids is 1. The van der Waals surface area contributed by atoms with Crippen molar-refractivity contribution < 1.29 is 9.63 Å². The van der Waals surface area contributed by atoms with Gasteiger partial charge in [-0.3, -0.25) is 9.63 Å². The maximum Gasteiger partial charge on any atom is 0.243 e. The molecule has 1 aliphatic heterocycles. The first-order chi connectivity index (χ1) is 8.58. The predicted octanol–water partition coefficient (Wildman–Crippen LogP) is 1.89. The number of hydroxylamine groups is 2. The summed E-state index contributed by atoms with van der Waals surface area (Å²) in [7, 11) is 0. The average Bonchev–Trinajstić information content (AvgIpc) is 2.86. The van der Waals surface area contributed by atoms with Gasteiger partial charge in [0.25, 0.3) is 0 Å². The van der Waals surface area contributed by atoms with Crippen molar-refractivity contribution in [2.24, 2.45) is 0 Å². The third-order valence-corrected chi connectivity index (χ3v) is 3.10. The molecule has 0 bridgehead atoms. The van der Waals surface area contributed by atoms with Crippen LogP contribution in [0.25, 0.3) is 0 Å². The Bertz CT molecular complexity index is 447. The molecule has 1 aromatic rings. The summed E-state index contributed by atoms with van der Waals surface area (Å²) in [5.41, 5.74) is 6.79. The van der Waals surface area contributed by atoms with E-state index in [1.807, 2.05) is 0 Å². The van der Waals surface area contributed by atoms with Crippen molar-refractivity contribution in [2.75, 3.05) is 24.2 Å². The molecule has 0 saturated carbocycles. The number of anilines is 2. The fourth-order valence-electron chi connectivity index (χ4n) is 1.78. The number of amides is 1. The van der Waals surface area contributed by atoms with Gasteiger partial charge in [-0.15, -0.1) is 0 Å². The zero-order valence-electron chi connectivity index (χ0n) is 10.1. The van der Waals surface area contributed by atoms with Crippen molar-refractivity contribution in [1.29, 1.82) is 0 Å². The predicted molar refractivity (Wildman–Crippen MR) is 71.2 cm³/mol. The van der Waals surface area contributed by atoms with E-state index < -0.39 is 0 Å². The highest BCUT2D eigenvalue weighted by molar-refractivity contribution is 6.31. The van der Waals surface area contributed by atoms with Crippen LogP contribution in [0.5, 0.6) is 0 Å². The number of nitrogens with zero attached hydrogens (tertiary/aromatic N) is 1. The number of carbonyl (C=O) groups is 1. The van der Waals surface area contributed by atoms with Crippen molar-refractivity contribution in [2.45, 2.75) is 19.4 Å². The lowest BCUT2D eigenvalue weighted by Gasteiger charge is -2.21. The average molecular weight is 270 g/mol. The molecule has 0 aliphatic carbocycles. The van der Waals surface area contributed by atoms with Crippen LogP contribution in [0.2, 0.25) is 5.02 Å². The van der Waals surface area contributed by atoms with Crippen LogP contribution in [0.4, 0.5) is 11.4 Å². The molecule has 1 unspecified atom stereocenters. The van der Waals surface area contributed by atoms with Crippen LogP contribution in [0.1, 0.15) is 13.3 Å². The topological polar surface area (TPSA) is 67.6 Å². The number of hydrogen-bond acceptors (Lipinski definition) is 4. The van der Waals surface area contributed by atoms with Gasteiger partial charge in [0, 0.05) is 11.6 Å². The molecule has 2 rings (SSSR count). The second-order valence-corrected chi connectivity index (χ2v) is 4.66. The Morgan fingerprint density at radius 1 is 1.61 bits per heavy atom. The van der Waals surface area contributed by atoms with Gasteiger partial charge in [-0.05, 0) is 31.5 Å². The van der Waals surface area contributed by atoms with E-state index in [1.165, 1.54) is 0 Å². The number of halogens is 1. The molecule has 1 atom stereocenters. The lowest BCUT2D eigenvalue weighted by Crippen LogP contribution is -2.39. The van der Waals surface area contributed by atoms with Crippen LogP contribution in [0.3, 0.4) is 0 Å². The summed E-state index contributed by atoms with van der Waals surface area (Å²) >= 11 is 5.86. The molecule has 1 heterocycles. The molecule has 0 spiro atoms. The first-order valence-electron chi connectivity index (χ1n) is 5.83. The van der Waals surface area contributed by atoms with E-state index in [2.05, 4.69) is 5.32 Å². The van der Waals surface area contributed by atoms with Crippen molar-refractivity contribution in [3.63, 3.8) is 0 Å². The van der Waals surface area contributed by atoms with E-state index >= 15 is 0 Å². The molecule has 6 heteroatoms. The van der Waals surface area contributed by atoms with Gasteiger partial charge in [0.2, 0.25) is 5.91 Å². The number of nitrogen functional groups attached to an aromatic ring is 1. The Labute approximate surface area is 111 Å². The minimum Gasteiger partial charge on any atom is -0.397 e. The summed E-state index contributed by atoms with van der Waals surface area (Å²) < 4.78 is 0. The molecule has 1 saturated heterocycles. The van der Waals surface area contributed by atoms with Crippen molar-refractivity contribution in [3.05, 3.63) is 23.2 Å². The third kappa shape index (κ3) is 2.93. The van der Waals surface area contributed by atoms with E-state index in [0.717, 1.165) is 13.0 Å². The normalized spacial score (nSPS) is 17.7. The standard InChI is InChI=1S/C12H16ClN3O2/c1-8(16-5-2-6-18-16)12(17)15-11-7-9(13)3-4-10(11)14/h3-4,7-8H,2,5-6,14H2,1H3,(H,15,17). The van der Waals surface area contributed by atoms with E-state index in [0.29, 0.717) is 23.0 Å². The lowest BCUT2D eigenvalue weighted by atomic mass is 10.2. The van der Waals surface area contributed by atoms with Gasteiger partial charge in [-0.25, -0.2) is 0 Å². The van der Waals surface area contributed by atoms with E-state index in [-0.39, 0.29) is 11.9 Å². The fourth-order valence-corrected chi connectivity index (χ4v) is 1.95. The van der Waals surface area contributed by atoms with Crippen LogP contribution in [-0.2, 0) is 9.63 Å². The Kier molecular flexibility index (Phi) is 4.06. The number of nitrogens with one attached hydrogen (secondary N) is 1. The summed E-state index contributed by atoms with van der Waals surface area (Å²) in [6, 6.07) is 4.62. The highest BCUT2D eigenvalue weighted by Crippen LogP contribution is 2.23. The zero-order chi connectivity index (χ0) is 13.1. The van der Waals surface area contributed by atoms with Crippen LogP contribution in [0.15, 0.2) is 18.2 Å². The summed E-state index contributed by atoms with van der Waals surface area (Å²) in [4.78, 5) is 17.4. The molecular formula is C12H16ClN3O2. The molecule has 98 valence electrons. The van der Waals surface area contributed by atoms with Gasteiger partial charge in [0.05, 0.1) is 18.0 Å². The van der Waals surface area contributed by atoms with Crippen LogP contribution < -0.4 is 11.1 Å². The molecule has 1 fully saturated rings. The summed E-state index contributed by atoms with van der Waals surface area (Å²) in [6.45, 7) is 3.22.